The van der Waals surface area contributed by atoms with Gasteiger partial charge in [0.05, 0.1) is 0 Å². The minimum Gasteiger partial charge on any atom is -0.339 e. The Hall–Kier alpha value is -2.70. The number of carbonyl (C=O) groups excluding carboxylic acids is 2. The molecule has 0 saturated carbocycles. The maximum atomic E-state index is 12.6. The first-order valence-corrected chi connectivity index (χ1v) is 8.61. The minimum absolute atomic E-state index is 0.0231. The largest absolute Gasteiger partial charge is 0.339 e. The number of amides is 2. The second-order valence-corrected chi connectivity index (χ2v) is 6.25. The van der Waals surface area contributed by atoms with Gasteiger partial charge >= 0.3 is 0 Å². The van der Waals surface area contributed by atoms with Crippen LogP contribution in [0.4, 0.5) is 0 Å². The molecule has 1 saturated heterocycles. The minimum atomic E-state index is -0.0293. The van der Waals surface area contributed by atoms with Gasteiger partial charge in [0.1, 0.15) is 19.2 Å². The van der Waals surface area contributed by atoms with Crippen LogP contribution in [-0.2, 0) is 22.7 Å². The maximum Gasteiger partial charge on any atom is 0.244 e. The fraction of sp³-hybridized carbons (Fsp3) is 0.444. The van der Waals surface area contributed by atoms with Crippen LogP contribution >= 0.6 is 0 Å². The molecule has 132 valence electrons. The molecular weight excluding hydrogens is 318 g/mol. The predicted molar refractivity (Wildman–Crippen MR) is 92.3 cm³/mol. The van der Waals surface area contributed by atoms with E-state index in [0.29, 0.717) is 26.1 Å². The quantitative estimate of drug-likeness (QED) is 0.822. The van der Waals surface area contributed by atoms with E-state index in [9.17, 15) is 9.59 Å². The van der Waals surface area contributed by atoms with E-state index in [1.807, 2.05) is 35.2 Å². The Bertz CT molecular complexity index is 702. The van der Waals surface area contributed by atoms with Gasteiger partial charge in [0.2, 0.25) is 11.8 Å². The molecule has 2 aromatic rings. The number of aromatic nitrogens is 3. The van der Waals surface area contributed by atoms with Gasteiger partial charge in [-0.05, 0) is 12.0 Å². The summed E-state index contributed by atoms with van der Waals surface area (Å²) >= 11 is 0. The molecule has 3 rings (SSSR count). The van der Waals surface area contributed by atoms with E-state index < -0.39 is 0 Å². The van der Waals surface area contributed by atoms with Crippen LogP contribution in [0.3, 0.4) is 0 Å². The molecule has 0 spiro atoms. The van der Waals surface area contributed by atoms with Crippen molar-refractivity contribution in [2.75, 3.05) is 13.1 Å². The van der Waals surface area contributed by atoms with Gasteiger partial charge in [-0.1, -0.05) is 37.3 Å². The Morgan fingerprint density at radius 2 is 2.08 bits per heavy atom. The SMILES string of the molecule is CC[C@@H]1CN(C(=O)Cn2cncn2)CCC(=O)N1Cc1ccccc1. The summed E-state index contributed by atoms with van der Waals surface area (Å²) in [6.45, 7) is 3.81. The summed E-state index contributed by atoms with van der Waals surface area (Å²) in [6, 6.07) is 10.0. The van der Waals surface area contributed by atoms with E-state index >= 15 is 0 Å². The van der Waals surface area contributed by atoms with E-state index in [-0.39, 0.29) is 24.4 Å². The number of benzene rings is 1. The topological polar surface area (TPSA) is 71.3 Å². The van der Waals surface area contributed by atoms with Crippen LogP contribution < -0.4 is 0 Å². The molecule has 0 radical (unpaired) electrons. The van der Waals surface area contributed by atoms with Crippen LogP contribution in [-0.4, -0.2) is 55.5 Å². The molecule has 1 fully saturated rings. The van der Waals surface area contributed by atoms with Crippen molar-refractivity contribution >= 4 is 11.8 Å². The summed E-state index contributed by atoms with van der Waals surface area (Å²) in [5.74, 6) is 0.0741. The first kappa shape index (κ1) is 17.1. The Morgan fingerprint density at radius 3 is 2.76 bits per heavy atom. The average Bonchev–Trinajstić information content (AvgIpc) is 3.08. The molecule has 1 aliphatic rings. The average molecular weight is 341 g/mol. The molecule has 1 atom stereocenters. The second kappa shape index (κ2) is 7.92. The van der Waals surface area contributed by atoms with E-state index in [2.05, 4.69) is 17.0 Å². The number of rotatable bonds is 5. The number of hydrogen-bond acceptors (Lipinski definition) is 4. The molecule has 2 heterocycles. The Balaban J connectivity index is 1.70. The molecule has 2 amide bonds. The van der Waals surface area contributed by atoms with Gasteiger partial charge in [-0.15, -0.1) is 0 Å². The Labute approximate surface area is 147 Å². The van der Waals surface area contributed by atoms with Gasteiger partial charge in [-0.2, -0.15) is 5.10 Å². The summed E-state index contributed by atoms with van der Waals surface area (Å²) in [5, 5.41) is 3.98. The summed E-state index contributed by atoms with van der Waals surface area (Å²) in [7, 11) is 0. The van der Waals surface area contributed by atoms with Crippen molar-refractivity contribution < 1.29 is 9.59 Å². The smallest absolute Gasteiger partial charge is 0.244 e. The van der Waals surface area contributed by atoms with Crippen LogP contribution in [0, 0.1) is 0 Å². The van der Waals surface area contributed by atoms with Gasteiger partial charge < -0.3 is 9.80 Å². The highest BCUT2D eigenvalue weighted by Gasteiger charge is 2.30. The van der Waals surface area contributed by atoms with Gasteiger partial charge in [-0.3, -0.25) is 9.59 Å². The zero-order valence-electron chi connectivity index (χ0n) is 14.4. The summed E-state index contributed by atoms with van der Waals surface area (Å²) in [6.07, 6.45) is 4.10. The van der Waals surface area contributed by atoms with Crippen LogP contribution in [0.5, 0.6) is 0 Å². The Kier molecular flexibility index (Phi) is 5.42. The third-order valence-corrected chi connectivity index (χ3v) is 4.57. The van der Waals surface area contributed by atoms with Crippen LogP contribution in [0.15, 0.2) is 43.0 Å². The normalized spacial score (nSPS) is 18.3. The van der Waals surface area contributed by atoms with Gasteiger partial charge in [0.25, 0.3) is 0 Å². The van der Waals surface area contributed by atoms with Gasteiger partial charge in [-0.25, -0.2) is 9.67 Å². The molecular formula is C18H23N5O2. The molecule has 1 aliphatic heterocycles. The van der Waals surface area contributed by atoms with Gasteiger partial charge in [0, 0.05) is 32.1 Å². The summed E-state index contributed by atoms with van der Waals surface area (Å²) < 4.78 is 1.51. The molecule has 1 aromatic carbocycles. The number of hydrogen-bond donors (Lipinski definition) is 0. The predicted octanol–water partition coefficient (Wildman–Crippen LogP) is 1.32. The lowest BCUT2D eigenvalue weighted by atomic mass is 10.1. The van der Waals surface area contributed by atoms with E-state index in [1.54, 1.807) is 4.90 Å². The number of nitrogens with zero attached hydrogens (tertiary/aromatic N) is 5. The monoisotopic (exact) mass is 341 g/mol. The van der Waals surface area contributed by atoms with Crippen molar-refractivity contribution in [3.05, 3.63) is 48.5 Å². The van der Waals surface area contributed by atoms with Crippen LogP contribution in [0.25, 0.3) is 0 Å². The van der Waals surface area contributed by atoms with Crippen molar-refractivity contribution in [3.63, 3.8) is 0 Å². The highest BCUT2D eigenvalue weighted by molar-refractivity contribution is 5.80. The fourth-order valence-corrected chi connectivity index (χ4v) is 3.15. The molecule has 0 aliphatic carbocycles. The first-order chi connectivity index (χ1) is 12.2. The molecule has 0 bridgehead atoms. The second-order valence-electron chi connectivity index (χ2n) is 6.25. The third-order valence-electron chi connectivity index (χ3n) is 4.57. The zero-order chi connectivity index (χ0) is 17.6. The number of carbonyl (C=O) groups is 2. The third kappa shape index (κ3) is 4.23. The van der Waals surface area contributed by atoms with Crippen molar-refractivity contribution in [3.8, 4) is 0 Å². The van der Waals surface area contributed by atoms with Crippen molar-refractivity contribution in [2.45, 2.75) is 38.9 Å². The van der Waals surface area contributed by atoms with Crippen LogP contribution in [0.1, 0.15) is 25.3 Å². The maximum absolute atomic E-state index is 12.6. The zero-order valence-corrected chi connectivity index (χ0v) is 14.4. The lowest BCUT2D eigenvalue weighted by molar-refractivity contribution is -0.133. The molecule has 7 nitrogen and oxygen atoms in total. The van der Waals surface area contributed by atoms with E-state index in [4.69, 9.17) is 0 Å². The van der Waals surface area contributed by atoms with Crippen molar-refractivity contribution in [2.24, 2.45) is 0 Å². The molecule has 0 unspecified atom stereocenters. The summed E-state index contributed by atoms with van der Waals surface area (Å²) in [5.41, 5.74) is 1.11. The Morgan fingerprint density at radius 1 is 1.28 bits per heavy atom. The first-order valence-electron chi connectivity index (χ1n) is 8.61. The molecule has 0 N–H and O–H groups in total. The van der Waals surface area contributed by atoms with Crippen molar-refractivity contribution in [1.82, 2.24) is 24.6 Å². The van der Waals surface area contributed by atoms with Crippen LogP contribution in [0.2, 0.25) is 0 Å². The highest BCUT2D eigenvalue weighted by Crippen LogP contribution is 2.18. The lowest BCUT2D eigenvalue weighted by Gasteiger charge is -2.31. The standard InChI is InChI=1S/C18H23N5O2/c1-2-16-11-21(18(25)12-22-14-19-13-20-22)9-8-17(24)23(16)10-15-6-4-3-5-7-15/h3-7,13-14,16H,2,8-12H2,1H3/t16-/m1/s1. The fourth-order valence-electron chi connectivity index (χ4n) is 3.15. The highest BCUT2D eigenvalue weighted by atomic mass is 16.2. The van der Waals surface area contributed by atoms with Gasteiger partial charge in [0.15, 0.2) is 0 Å². The van der Waals surface area contributed by atoms with E-state index in [1.165, 1.54) is 17.3 Å². The molecule has 1 aromatic heterocycles. The molecule has 25 heavy (non-hydrogen) atoms. The van der Waals surface area contributed by atoms with E-state index in [0.717, 1.165) is 12.0 Å². The summed E-state index contributed by atoms with van der Waals surface area (Å²) in [4.78, 5) is 32.7. The van der Waals surface area contributed by atoms with Crippen molar-refractivity contribution in [1.29, 1.82) is 0 Å². The lowest BCUT2D eigenvalue weighted by Crippen LogP contribution is -2.44. The molecule has 7 heteroatoms.